The first-order valence-corrected chi connectivity index (χ1v) is 8.29. The van der Waals surface area contributed by atoms with Crippen LogP contribution in [-0.4, -0.2) is 41.6 Å². The topological polar surface area (TPSA) is 113 Å². The number of carboxylic acids is 1. The molecule has 1 aromatic carbocycles. The Labute approximate surface area is 142 Å². The first kappa shape index (κ1) is 16.1. The summed E-state index contributed by atoms with van der Waals surface area (Å²) >= 11 is 0. The molecule has 2 atom stereocenters. The third-order valence-corrected chi connectivity index (χ3v) is 4.64. The van der Waals surface area contributed by atoms with E-state index < -0.39 is 11.4 Å². The lowest BCUT2D eigenvalue weighted by Gasteiger charge is -2.13. The molecule has 3 heterocycles. The number of aromatic hydroxyl groups is 1. The van der Waals surface area contributed by atoms with Crippen LogP contribution in [0.1, 0.15) is 34.2 Å². The summed E-state index contributed by atoms with van der Waals surface area (Å²) in [4.78, 5) is 24.4. The van der Waals surface area contributed by atoms with Crippen molar-refractivity contribution in [3.63, 3.8) is 0 Å². The minimum absolute atomic E-state index is 0.0298. The number of rotatable bonds is 6. The van der Waals surface area contributed by atoms with E-state index in [1.54, 1.807) is 13.0 Å². The molecule has 7 heteroatoms. The molecule has 0 radical (unpaired) electrons. The monoisotopic (exact) mass is 346 g/mol. The molecule has 2 N–H and O–H groups in total. The molecular formula is C18H18O7. The lowest BCUT2D eigenvalue weighted by atomic mass is 9.96. The van der Waals surface area contributed by atoms with Gasteiger partial charge in [0.1, 0.15) is 16.7 Å². The highest BCUT2D eigenvalue weighted by Gasteiger charge is 2.30. The number of fused-ring (bicyclic) bond motifs is 1. The largest absolute Gasteiger partial charge is 0.507 e. The summed E-state index contributed by atoms with van der Waals surface area (Å²) in [5, 5.41) is 20.1. The summed E-state index contributed by atoms with van der Waals surface area (Å²) in [5.41, 5.74) is 0.989. The number of phenolic OH excluding ortho intramolecular Hbond substituents is 1. The third kappa shape index (κ3) is 2.89. The second kappa shape index (κ2) is 5.86. The first-order valence-electron chi connectivity index (χ1n) is 8.29. The van der Waals surface area contributed by atoms with Crippen molar-refractivity contribution in [2.24, 2.45) is 0 Å². The van der Waals surface area contributed by atoms with Gasteiger partial charge >= 0.3 is 5.97 Å². The van der Waals surface area contributed by atoms with Crippen molar-refractivity contribution in [1.82, 2.24) is 0 Å². The molecule has 0 spiro atoms. The van der Waals surface area contributed by atoms with Crippen LogP contribution < -0.4 is 5.43 Å². The molecule has 2 fully saturated rings. The van der Waals surface area contributed by atoms with E-state index in [9.17, 15) is 19.8 Å². The van der Waals surface area contributed by atoms with Crippen LogP contribution in [0, 0.1) is 0 Å². The number of carbonyl (C=O) groups is 1. The number of epoxide rings is 2. The van der Waals surface area contributed by atoms with Crippen LogP contribution in [0.15, 0.2) is 15.3 Å². The maximum atomic E-state index is 12.9. The van der Waals surface area contributed by atoms with Crippen molar-refractivity contribution in [3.05, 3.63) is 38.7 Å². The Hall–Kier alpha value is -2.38. The Morgan fingerprint density at radius 1 is 1.20 bits per heavy atom. The highest BCUT2D eigenvalue weighted by molar-refractivity contribution is 5.93. The van der Waals surface area contributed by atoms with E-state index in [-0.39, 0.29) is 46.7 Å². The fraction of sp³-hybridized carbons (Fsp3) is 0.444. The zero-order valence-corrected chi connectivity index (χ0v) is 13.7. The van der Waals surface area contributed by atoms with E-state index in [1.807, 2.05) is 0 Å². The Bertz CT molecular complexity index is 919. The van der Waals surface area contributed by atoms with Crippen LogP contribution in [0.25, 0.3) is 11.0 Å². The predicted molar refractivity (Wildman–Crippen MR) is 87.4 cm³/mol. The van der Waals surface area contributed by atoms with Gasteiger partial charge in [-0.1, -0.05) is 6.92 Å². The van der Waals surface area contributed by atoms with Gasteiger partial charge in [-0.25, -0.2) is 4.79 Å². The zero-order valence-electron chi connectivity index (χ0n) is 13.7. The zero-order chi connectivity index (χ0) is 17.7. The molecule has 25 heavy (non-hydrogen) atoms. The van der Waals surface area contributed by atoms with Gasteiger partial charge in [0.2, 0.25) is 11.2 Å². The molecule has 2 saturated heterocycles. The Morgan fingerprint density at radius 2 is 1.80 bits per heavy atom. The van der Waals surface area contributed by atoms with E-state index in [2.05, 4.69) is 0 Å². The summed E-state index contributed by atoms with van der Waals surface area (Å²) in [6.07, 6.45) is 1.28. The molecule has 0 bridgehead atoms. The molecule has 0 saturated carbocycles. The van der Waals surface area contributed by atoms with E-state index in [0.717, 1.165) is 0 Å². The highest BCUT2D eigenvalue weighted by atomic mass is 16.6. The van der Waals surface area contributed by atoms with Gasteiger partial charge in [0.15, 0.2) is 0 Å². The number of carboxylic acid groups (broad SMARTS) is 1. The maximum Gasteiger partial charge on any atom is 0.372 e. The summed E-state index contributed by atoms with van der Waals surface area (Å²) in [5.74, 6) is -1.80. The fourth-order valence-corrected chi connectivity index (χ4v) is 3.18. The number of hydrogen-bond acceptors (Lipinski definition) is 6. The van der Waals surface area contributed by atoms with Gasteiger partial charge in [0.05, 0.1) is 31.0 Å². The number of aromatic carboxylic acids is 1. The lowest BCUT2D eigenvalue weighted by molar-refractivity contribution is 0.0661. The average molecular weight is 346 g/mol. The van der Waals surface area contributed by atoms with Crippen LogP contribution in [0.5, 0.6) is 5.75 Å². The number of ether oxygens (including phenoxy) is 2. The van der Waals surface area contributed by atoms with Crippen LogP contribution in [0.2, 0.25) is 0 Å². The molecule has 4 rings (SSSR count). The smallest absolute Gasteiger partial charge is 0.372 e. The number of benzene rings is 1. The lowest BCUT2D eigenvalue weighted by Crippen LogP contribution is -2.17. The van der Waals surface area contributed by atoms with Gasteiger partial charge in [-0.15, -0.1) is 0 Å². The molecule has 2 aromatic rings. The van der Waals surface area contributed by atoms with Gasteiger partial charge < -0.3 is 24.1 Å². The Morgan fingerprint density at radius 3 is 2.32 bits per heavy atom. The first-order chi connectivity index (χ1) is 12.0. The van der Waals surface area contributed by atoms with Gasteiger partial charge in [-0.2, -0.15) is 0 Å². The summed E-state index contributed by atoms with van der Waals surface area (Å²) in [7, 11) is 0. The summed E-state index contributed by atoms with van der Waals surface area (Å²) < 4.78 is 16.1. The van der Waals surface area contributed by atoms with Crippen molar-refractivity contribution < 1.29 is 28.9 Å². The second-order valence-electron chi connectivity index (χ2n) is 6.46. The van der Waals surface area contributed by atoms with E-state index in [1.165, 1.54) is 0 Å². The van der Waals surface area contributed by atoms with Crippen LogP contribution in [-0.2, 0) is 28.7 Å². The summed E-state index contributed by atoms with van der Waals surface area (Å²) in [6, 6.07) is 1.77. The summed E-state index contributed by atoms with van der Waals surface area (Å²) in [6.45, 7) is 2.93. The van der Waals surface area contributed by atoms with E-state index >= 15 is 0 Å². The quantitative estimate of drug-likeness (QED) is 0.765. The number of phenols is 1. The average Bonchev–Trinajstić information content (AvgIpc) is 3.46. The minimum atomic E-state index is -1.29. The standard InChI is InChI=1S/C18H18O7/c1-2-12-15(20)13-14(19)8(4-10-6-23-10)3-9(5-11-7-24-11)16(13)25-17(12)18(21)22/h3,10-11,19H,2,4-7H2,1H3,(H,21,22). The molecule has 7 nitrogen and oxygen atoms in total. The van der Waals surface area contributed by atoms with Gasteiger partial charge in [-0.05, 0) is 23.6 Å². The Kier molecular flexibility index (Phi) is 3.77. The van der Waals surface area contributed by atoms with Gasteiger partial charge in [0, 0.05) is 12.8 Å². The van der Waals surface area contributed by atoms with Crippen molar-refractivity contribution in [2.45, 2.75) is 38.4 Å². The molecule has 2 aliphatic heterocycles. The maximum absolute atomic E-state index is 12.9. The van der Waals surface area contributed by atoms with Crippen LogP contribution in [0.3, 0.4) is 0 Å². The fourth-order valence-electron chi connectivity index (χ4n) is 3.18. The molecule has 132 valence electrons. The molecule has 2 aliphatic rings. The number of hydrogen-bond donors (Lipinski definition) is 2. The Balaban J connectivity index is 2.00. The SMILES string of the molecule is CCc1c(C(=O)O)oc2c(CC3CO3)cc(CC3CO3)c(O)c2c1=O. The van der Waals surface area contributed by atoms with Gasteiger partial charge in [-0.3, -0.25) is 4.79 Å². The normalized spacial score (nSPS) is 21.5. The van der Waals surface area contributed by atoms with E-state index in [4.69, 9.17) is 13.9 Å². The molecule has 0 aliphatic carbocycles. The van der Waals surface area contributed by atoms with Gasteiger partial charge in [0.25, 0.3) is 0 Å². The van der Waals surface area contributed by atoms with Crippen molar-refractivity contribution in [1.29, 1.82) is 0 Å². The molecule has 1 aromatic heterocycles. The molecule has 2 unspecified atom stereocenters. The molecule has 0 amide bonds. The second-order valence-corrected chi connectivity index (χ2v) is 6.46. The minimum Gasteiger partial charge on any atom is -0.507 e. The van der Waals surface area contributed by atoms with E-state index in [0.29, 0.717) is 37.2 Å². The predicted octanol–water partition coefficient (Wildman–Crippen LogP) is 1.64. The van der Waals surface area contributed by atoms with Crippen molar-refractivity contribution in [2.75, 3.05) is 13.2 Å². The van der Waals surface area contributed by atoms with Crippen LogP contribution in [0.4, 0.5) is 0 Å². The highest BCUT2D eigenvalue weighted by Crippen LogP contribution is 2.35. The van der Waals surface area contributed by atoms with Crippen LogP contribution >= 0.6 is 0 Å². The van der Waals surface area contributed by atoms with Crippen molar-refractivity contribution >= 4 is 16.9 Å². The van der Waals surface area contributed by atoms with Crippen molar-refractivity contribution in [3.8, 4) is 5.75 Å². The molecular weight excluding hydrogens is 328 g/mol. The third-order valence-electron chi connectivity index (χ3n) is 4.64.